The number of hydrogen-bond acceptors (Lipinski definition) is 4. The molecule has 2 heterocycles. The number of aromatic nitrogens is 2. The van der Waals surface area contributed by atoms with Crippen molar-refractivity contribution in [2.45, 2.75) is 32.0 Å². The summed E-state index contributed by atoms with van der Waals surface area (Å²) in [6.07, 6.45) is 0.0775. The van der Waals surface area contributed by atoms with Crippen molar-refractivity contribution in [2.75, 3.05) is 13.1 Å². The summed E-state index contributed by atoms with van der Waals surface area (Å²) in [6.45, 7) is 2.32. The molecule has 0 bridgehead atoms. The predicted molar refractivity (Wildman–Crippen MR) is 89.0 cm³/mol. The van der Waals surface area contributed by atoms with Crippen molar-refractivity contribution in [1.82, 2.24) is 14.9 Å². The van der Waals surface area contributed by atoms with Gasteiger partial charge in [-0.1, -0.05) is 13.0 Å². The van der Waals surface area contributed by atoms with Crippen molar-refractivity contribution in [2.24, 2.45) is 0 Å². The summed E-state index contributed by atoms with van der Waals surface area (Å²) in [6, 6.07) is 4.30. The fraction of sp³-hybridized carbons (Fsp3) is 0.389. The molecule has 0 unspecified atom stereocenters. The highest BCUT2D eigenvalue weighted by molar-refractivity contribution is 5.78. The van der Waals surface area contributed by atoms with Gasteiger partial charge < -0.3 is 10.0 Å². The predicted octanol–water partition coefficient (Wildman–Crippen LogP) is 3.01. The van der Waals surface area contributed by atoms with Gasteiger partial charge in [-0.25, -0.2) is 0 Å². The molecule has 26 heavy (non-hydrogen) atoms. The minimum Gasteiger partial charge on any atom is -0.386 e. The van der Waals surface area contributed by atoms with Gasteiger partial charge in [-0.05, 0) is 24.1 Å². The van der Waals surface area contributed by atoms with E-state index in [1.807, 2.05) is 6.92 Å². The Kier molecular flexibility index (Phi) is 6.68. The van der Waals surface area contributed by atoms with E-state index >= 15 is 0 Å². The molecule has 1 amide bonds. The molecule has 2 aromatic heterocycles. The monoisotopic (exact) mass is 367 g/mol. The number of aliphatic hydroxyl groups is 1. The molecule has 0 aliphatic rings. The molecule has 0 saturated heterocycles. The number of nitrogens with zero attached hydrogens (tertiary/aromatic N) is 3. The van der Waals surface area contributed by atoms with Crippen LogP contribution >= 0.6 is 0 Å². The van der Waals surface area contributed by atoms with E-state index in [0.29, 0.717) is 18.5 Å². The van der Waals surface area contributed by atoms with Crippen LogP contribution in [0.5, 0.6) is 0 Å². The SMILES string of the molecule is CCCN(C[C@@H](O)c1cccnc1)C(=O)Cc1cncc(C(F)(F)F)c1. The first kappa shape index (κ1) is 19.8. The van der Waals surface area contributed by atoms with Crippen molar-refractivity contribution in [1.29, 1.82) is 0 Å². The van der Waals surface area contributed by atoms with Crippen molar-refractivity contribution < 1.29 is 23.1 Å². The molecule has 5 nitrogen and oxygen atoms in total. The molecule has 0 radical (unpaired) electrons. The van der Waals surface area contributed by atoms with Crippen LogP contribution in [0.15, 0.2) is 43.0 Å². The lowest BCUT2D eigenvalue weighted by molar-refractivity contribution is -0.138. The second-order valence-corrected chi connectivity index (χ2v) is 5.90. The van der Waals surface area contributed by atoms with Gasteiger partial charge in [0.1, 0.15) is 0 Å². The van der Waals surface area contributed by atoms with Gasteiger partial charge >= 0.3 is 6.18 Å². The molecule has 0 saturated carbocycles. The van der Waals surface area contributed by atoms with Crippen molar-refractivity contribution >= 4 is 5.91 Å². The molecule has 0 aliphatic carbocycles. The smallest absolute Gasteiger partial charge is 0.386 e. The normalized spacial score (nSPS) is 12.7. The van der Waals surface area contributed by atoms with Gasteiger partial charge in [-0.3, -0.25) is 14.8 Å². The second-order valence-electron chi connectivity index (χ2n) is 5.90. The Bertz CT molecular complexity index is 723. The molecule has 1 N–H and O–H groups in total. The molecule has 1 atom stereocenters. The van der Waals surface area contributed by atoms with E-state index in [1.165, 1.54) is 17.3 Å². The third-order valence-corrected chi connectivity index (χ3v) is 3.79. The van der Waals surface area contributed by atoms with Gasteiger partial charge in [0.25, 0.3) is 0 Å². The van der Waals surface area contributed by atoms with Crippen LogP contribution in [0.4, 0.5) is 13.2 Å². The summed E-state index contributed by atoms with van der Waals surface area (Å²) in [7, 11) is 0. The first-order valence-electron chi connectivity index (χ1n) is 8.18. The average molecular weight is 367 g/mol. The summed E-state index contributed by atoms with van der Waals surface area (Å²) < 4.78 is 38.3. The molecule has 2 rings (SSSR count). The molecule has 140 valence electrons. The van der Waals surface area contributed by atoms with E-state index in [1.54, 1.807) is 18.3 Å². The Morgan fingerprint density at radius 2 is 2.04 bits per heavy atom. The minimum atomic E-state index is -4.51. The maximum atomic E-state index is 12.8. The van der Waals surface area contributed by atoms with Gasteiger partial charge in [0.05, 0.1) is 24.6 Å². The zero-order chi connectivity index (χ0) is 19.2. The fourth-order valence-electron chi connectivity index (χ4n) is 2.50. The van der Waals surface area contributed by atoms with Crippen LogP contribution < -0.4 is 0 Å². The maximum Gasteiger partial charge on any atom is 0.417 e. The Hall–Kier alpha value is -2.48. The Morgan fingerprint density at radius 3 is 2.65 bits per heavy atom. The third-order valence-electron chi connectivity index (χ3n) is 3.79. The van der Waals surface area contributed by atoms with Gasteiger partial charge in [0.2, 0.25) is 5.91 Å². The van der Waals surface area contributed by atoms with E-state index in [9.17, 15) is 23.1 Å². The van der Waals surface area contributed by atoms with Crippen LogP contribution in [0.3, 0.4) is 0 Å². The number of carbonyl (C=O) groups excluding carboxylic acids is 1. The third kappa shape index (κ3) is 5.52. The topological polar surface area (TPSA) is 66.3 Å². The van der Waals surface area contributed by atoms with Gasteiger partial charge in [-0.15, -0.1) is 0 Å². The Balaban J connectivity index is 2.09. The van der Waals surface area contributed by atoms with Crippen LogP contribution in [0.2, 0.25) is 0 Å². The molecule has 8 heteroatoms. The summed E-state index contributed by atoms with van der Waals surface area (Å²) in [5, 5.41) is 10.3. The fourth-order valence-corrected chi connectivity index (χ4v) is 2.50. The molecule has 0 aromatic carbocycles. The maximum absolute atomic E-state index is 12.8. The lowest BCUT2D eigenvalue weighted by Gasteiger charge is -2.25. The Morgan fingerprint density at radius 1 is 1.27 bits per heavy atom. The summed E-state index contributed by atoms with van der Waals surface area (Å²) in [5.41, 5.74) is -0.135. The van der Waals surface area contributed by atoms with E-state index < -0.39 is 17.8 Å². The van der Waals surface area contributed by atoms with Crippen molar-refractivity contribution in [3.8, 4) is 0 Å². The number of rotatable bonds is 7. The van der Waals surface area contributed by atoms with Crippen molar-refractivity contribution in [3.05, 3.63) is 59.7 Å². The van der Waals surface area contributed by atoms with Crippen LogP contribution in [0.25, 0.3) is 0 Å². The van der Waals surface area contributed by atoms with E-state index in [2.05, 4.69) is 9.97 Å². The van der Waals surface area contributed by atoms with Gasteiger partial charge in [0.15, 0.2) is 0 Å². The highest BCUT2D eigenvalue weighted by Crippen LogP contribution is 2.29. The number of hydrogen-bond donors (Lipinski definition) is 1. The molecule has 0 fully saturated rings. The average Bonchev–Trinajstić information content (AvgIpc) is 2.61. The number of pyridine rings is 2. The zero-order valence-corrected chi connectivity index (χ0v) is 14.3. The van der Waals surface area contributed by atoms with Crippen LogP contribution in [0, 0.1) is 0 Å². The second kappa shape index (κ2) is 8.75. The number of halogens is 3. The molecule has 0 spiro atoms. The number of aliphatic hydroxyl groups excluding tert-OH is 1. The quantitative estimate of drug-likeness (QED) is 0.817. The number of amides is 1. The zero-order valence-electron chi connectivity index (χ0n) is 14.3. The standard InChI is InChI=1S/C18H20F3N3O2/c1-2-6-24(12-16(25)14-4-3-5-22-10-14)17(26)8-13-7-15(11-23-9-13)18(19,20)21/h3-5,7,9-11,16,25H,2,6,8,12H2,1H3/t16-/m1/s1. The minimum absolute atomic E-state index is 0.0464. The van der Waals surface area contributed by atoms with Crippen LogP contribution in [0.1, 0.15) is 36.1 Å². The highest BCUT2D eigenvalue weighted by atomic mass is 19.4. The summed E-state index contributed by atoms with van der Waals surface area (Å²) in [5.74, 6) is -0.365. The first-order chi connectivity index (χ1) is 12.3. The van der Waals surface area contributed by atoms with Crippen molar-refractivity contribution in [3.63, 3.8) is 0 Å². The molecular formula is C18H20F3N3O2. The highest BCUT2D eigenvalue weighted by Gasteiger charge is 2.31. The lowest BCUT2D eigenvalue weighted by Crippen LogP contribution is -2.36. The molecule has 2 aromatic rings. The first-order valence-corrected chi connectivity index (χ1v) is 8.18. The Labute approximate surface area is 149 Å². The largest absolute Gasteiger partial charge is 0.417 e. The molecular weight excluding hydrogens is 347 g/mol. The van der Waals surface area contributed by atoms with Crippen LogP contribution in [-0.2, 0) is 17.4 Å². The summed E-state index contributed by atoms with van der Waals surface area (Å²) >= 11 is 0. The van der Waals surface area contributed by atoms with E-state index in [0.717, 1.165) is 12.3 Å². The molecule has 0 aliphatic heterocycles. The van der Waals surface area contributed by atoms with E-state index in [4.69, 9.17) is 0 Å². The van der Waals surface area contributed by atoms with Crippen LogP contribution in [-0.4, -0.2) is 39.0 Å². The summed E-state index contributed by atoms with van der Waals surface area (Å²) in [4.78, 5) is 21.5. The number of alkyl halides is 3. The van der Waals surface area contributed by atoms with Gasteiger partial charge in [0, 0.05) is 36.9 Å². The van der Waals surface area contributed by atoms with E-state index in [-0.39, 0.29) is 24.4 Å². The number of carbonyl (C=O) groups is 1. The lowest BCUT2D eigenvalue weighted by atomic mass is 10.1. The van der Waals surface area contributed by atoms with Gasteiger partial charge in [-0.2, -0.15) is 13.2 Å².